The van der Waals surface area contributed by atoms with Gasteiger partial charge in [-0.2, -0.15) is 0 Å². The number of aromatic nitrogens is 1. The summed E-state index contributed by atoms with van der Waals surface area (Å²) in [5.41, 5.74) is 0. The zero-order valence-corrected chi connectivity index (χ0v) is 10.0. The Hall–Kier alpha value is -1.57. The van der Waals surface area contributed by atoms with E-state index in [1.54, 1.807) is 0 Å². The van der Waals surface area contributed by atoms with Crippen LogP contribution in [0.1, 0.15) is 32.1 Å². The van der Waals surface area contributed by atoms with E-state index in [4.69, 9.17) is 0 Å². The molecule has 1 aliphatic carbocycles. The van der Waals surface area contributed by atoms with E-state index in [9.17, 15) is 0 Å². The van der Waals surface area contributed by atoms with E-state index in [2.05, 4.69) is 40.6 Å². The van der Waals surface area contributed by atoms with Crippen LogP contribution in [0.3, 0.4) is 0 Å². The van der Waals surface area contributed by atoms with Crippen LogP contribution in [0.4, 0.5) is 5.82 Å². The fourth-order valence-corrected chi connectivity index (χ4v) is 2.62. The third kappa shape index (κ3) is 2.41. The maximum absolute atomic E-state index is 4.49. The third-order valence-electron chi connectivity index (χ3n) is 3.59. The minimum Gasteiger partial charge on any atom is -0.367 e. The Labute approximate surface area is 102 Å². The number of nitrogens with one attached hydrogen (secondary N) is 1. The second kappa shape index (κ2) is 4.74. The molecular formula is C15H18N2. The first-order valence-electron chi connectivity index (χ1n) is 6.53. The number of hydrogen-bond acceptors (Lipinski definition) is 2. The molecule has 2 heteroatoms. The molecule has 1 aromatic heterocycles. The molecule has 88 valence electrons. The lowest BCUT2D eigenvalue weighted by Crippen LogP contribution is -2.22. The Kier molecular flexibility index (Phi) is 2.95. The van der Waals surface area contributed by atoms with Crippen LogP contribution in [0.25, 0.3) is 10.8 Å². The fraction of sp³-hybridized carbons (Fsp3) is 0.400. The van der Waals surface area contributed by atoms with Crippen molar-refractivity contribution in [2.75, 3.05) is 5.32 Å². The number of fused-ring (bicyclic) bond motifs is 1. The predicted octanol–water partition coefficient (Wildman–Crippen LogP) is 3.98. The number of anilines is 1. The molecule has 0 unspecified atom stereocenters. The van der Waals surface area contributed by atoms with Gasteiger partial charge >= 0.3 is 0 Å². The smallest absolute Gasteiger partial charge is 0.126 e. The summed E-state index contributed by atoms with van der Waals surface area (Å²) in [5.74, 6) is 1.02. The van der Waals surface area contributed by atoms with Crippen LogP contribution in [0, 0.1) is 0 Å². The first-order chi connectivity index (χ1) is 8.42. The van der Waals surface area contributed by atoms with Gasteiger partial charge < -0.3 is 5.32 Å². The van der Waals surface area contributed by atoms with Gasteiger partial charge in [-0.15, -0.1) is 0 Å². The van der Waals surface area contributed by atoms with Gasteiger partial charge in [0.05, 0.1) is 0 Å². The minimum absolute atomic E-state index is 0.623. The van der Waals surface area contributed by atoms with Gasteiger partial charge in [0.1, 0.15) is 5.82 Å². The molecule has 1 aromatic carbocycles. The molecule has 2 aromatic rings. The second-order valence-corrected chi connectivity index (χ2v) is 4.90. The molecule has 1 heterocycles. The van der Waals surface area contributed by atoms with Gasteiger partial charge in [-0.25, -0.2) is 4.98 Å². The molecule has 1 N–H and O–H groups in total. The molecular weight excluding hydrogens is 208 g/mol. The van der Waals surface area contributed by atoms with Crippen LogP contribution in [-0.4, -0.2) is 11.0 Å². The molecule has 1 saturated carbocycles. The lowest BCUT2D eigenvalue weighted by Gasteiger charge is -2.23. The normalized spacial score (nSPS) is 17.2. The van der Waals surface area contributed by atoms with Gasteiger partial charge in [0.2, 0.25) is 0 Å². The van der Waals surface area contributed by atoms with Crippen molar-refractivity contribution in [2.45, 2.75) is 38.1 Å². The van der Waals surface area contributed by atoms with Gasteiger partial charge in [0, 0.05) is 17.6 Å². The van der Waals surface area contributed by atoms with E-state index >= 15 is 0 Å². The van der Waals surface area contributed by atoms with Crippen LogP contribution >= 0.6 is 0 Å². The highest BCUT2D eigenvalue weighted by Crippen LogP contribution is 2.22. The van der Waals surface area contributed by atoms with Crippen LogP contribution in [0.2, 0.25) is 0 Å². The summed E-state index contributed by atoms with van der Waals surface area (Å²) in [4.78, 5) is 4.49. The van der Waals surface area contributed by atoms with Crippen molar-refractivity contribution in [1.82, 2.24) is 4.98 Å². The number of hydrogen-bond donors (Lipinski definition) is 1. The summed E-state index contributed by atoms with van der Waals surface area (Å²) in [7, 11) is 0. The fourth-order valence-electron chi connectivity index (χ4n) is 2.62. The SMILES string of the molecule is c1ccc2cc(NC3CCCCC3)ncc2c1. The highest BCUT2D eigenvalue weighted by molar-refractivity contribution is 5.83. The Balaban J connectivity index is 1.80. The van der Waals surface area contributed by atoms with E-state index in [1.807, 2.05) is 6.20 Å². The largest absolute Gasteiger partial charge is 0.367 e. The lowest BCUT2D eigenvalue weighted by molar-refractivity contribution is 0.462. The molecule has 3 rings (SSSR count). The molecule has 0 spiro atoms. The standard InChI is InChI=1S/C15H18N2/c1-2-8-14(9-3-1)17-15-10-12-6-4-5-7-13(12)11-16-15/h4-7,10-11,14H,1-3,8-9H2,(H,16,17). The number of benzene rings is 1. The molecule has 1 aliphatic rings. The van der Waals surface area contributed by atoms with Crippen LogP contribution in [0.5, 0.6) is 0 Å². The molecule has 0 saturated heterocycles. The van der Waals surface area contributed by atoms with Crippen molar-refractivity contribution in [2.24, 2.45) is 0 Å². The highest BCUT2D eigenvalue weighted by Gasteiger charge is 2.13. The number of nitrogens with zero attached hydrogens (tertiary/aromatic N) is 1. The zero-order chi connectivity index (χ0) is 11.5. The van der Waals surface area contributed by atoms with Crippen molar-refractivity contribution in [3.63, 3.8) is 0 Å². The van der Waals surface area contributed by atoms with Crippen molar-refractivity contribution in [3.8, 4) is 0 Å². The van der Waals surface area contributed by atoms with E-state index < -0.39 is 0 Å². The molecule has 2 nitrogen and oxygen atoms in total. The molecule has 0 bridgehead atoms. The molecule has 0 amide bonds. The molecule has 0 aliphatic heterocycles. The van der Waals surface area contributed by atoms with Crippen molar-refractivity contribution < 1.29 is 0 Å². The average Bonchev–Trinajstić information content (AvgIpc) is 2.40. The Morgan fingerprint density at radius 1 is 1.00 bits per heavy atom. The quantitative estimate of drug-likeness (QED) is 0.837. The summed E-state index contributed by atoms with van der Waals surface area (Å²) in [5, 5.41) is 6.04. The van der Waals surface area contributed by atoms with E-state index in [1.165, 1.54) is 42.9 Å². The van der Waals surface area contributed by atoms with Gasteiger partial charge in [-0.3, -0.25) is 0 Å². The summed E-state index contributed by atoms with van der Waals surface area (Å²) in [6.07, 6.45) is 8.63. The van der Waals surface area contributed by atoms with Crippen LogP contribution in [-0.2, 0) is 0 Å². The molecule has 0 radical (unpaired) electrons. The average molecular weight is 226 g/mol. The number of pyridine rings is 1. The van der Waals surface area contributed by atoms with Gasteiger partial charge in [0.25, 0.3) is 0 Å². The second-order valence-electron chi connectivity index (χ2n) is 4.90. The summed E-state index contributed by atoms with van der Waals surface area (Å²) >= 11 is 0. The van der Waals surface area contributed by atoms with E-state index in [0.717, 1.165) is 5.82 Å². The topological polar surface area (TPSA) is 24.9 Å². The van der Waals surface area contributed by atoms with Crippen molar-refractivity contribution in [3.05, 3.63) is 36.5 Å². The highest BCUT2D eigenvalue weighted by atomic mass is 15.0. The first kappa shape index (κ1) is 10.6. The zero-order valence-electron chi connectivity index (χ0n) is 10.0. The van der Waals surface area contributed by atoms with E-state index in [-0.39, 0.29) is 0 Å². The van der Waals surface area contributed by atoms with E-state index in [0.29, 0.717) is 6.04 Å². The maximum Gasteiger partial charge on any atom is 0.126 e. The summed E-state index contributed by atoms with van der Waals surface area (Å²) < 4.78 is 0. The summed E-state index contributed by atoms with van der Waals surface area (Å²) in [6.45, 7) is 0. The molecule has 17 heavy (non-hydrogen) atoms. The van der Waals surface area contributed by atoms with Gasteiger partial charge in [0.15, 0.2) is 0 Å². The van der Waals surface area contributed by atoms with Gasteiger partial charge in [-0.1, -0.05) is 43.5 Å². The lowest BCUT2D eigenvalue weighted by atomic mass is 9.95. The third-order valence-corrected chi connectivity index (χ3v) is 3.59. The van der Waals surface area contributed by atoms with Crippen LogP contribution in [0.15, 0.2) is 36.5 Å². The monoisotopic (exact) mass is 226 g/mol. The van der Waals surface area contributed by atoms with Crippen LogP contribution < -0.4 is 5.32 Å². The maximum atomic E-state index is 4.49. The molecule has 1 fully saturated rings. The number of rotatable bonds is 2. The molecule has 0 atom stereocenters. The predicted molar refractivity (Wildman–Crippen MR) is 72.2 cm³/mol. The van der Waals surface area contributed by atoms with Gasteiger partial charge in [-0.05, 0) is 24.3 Å². The Bertz CT molecular complexity index is 501. The Morgan fingerprint density at radius 3 is 2.59 bits per heavy atom. The first-order valence-corrected chi connectivity index (χ1v) is 6.53. The van der Waals surface area contributed by atoms with Crippen molar-refractivity contribution in [1.29, 1.82) is 0 Å². The summed E-state index contributed by atoms with van der Waals surface area (Å²) in [6, 6.07) is 11.2. The minimum atomic E-state index is 0.623. The Morgan fingerprint density at radius 2 is 1.76 bits per heavy atom. The van der Waals surface area contributed by atoms with Crippen molar-refractivity contribution >= 4 is 16.6 Å².